The Labute approximate surface area is 263 Å². The minimum Gasteiger partial charge on any atom is -0.309 e. The smallest absolute Gasteiger partial charge is 0.0634 e. The van der Waals surface area contributed by atoms with Gasteiger partial charge in [-0.15, -0.1) is 11.3 Å². The van der Waals surface area contributed by atoms with E-state index in [2.05, 4.69) is 167 Å². The number of fused-ring (bicyclic) bond motifs is 10. The molecule has 0 saturated heterocycles. The summed E-state index contributed by atoms with van der Waals surface area (Å²) in [5.74, 6) is 0. The summed E-state index contributed by atoms with van der Waals surface area (Å²) in [7, 11) is 0. The van der Waals surface area contributed by atoms with Gasteiger partial charge >= 0.3 is 0 Å². The van der Waals surface area contributed by atoms with Crippen molar-refractivity contribution in [3.63, 3.8) is 0 Å². The van der Waals surface area contributed by atoms with Gasteiger partial charge in [-0.25, -0.2) is 0 Å². The van der Waals surface area contributed by atoms with E-state index in [0.29, 0.717) is 0 Å². The second-order valence-electron chi connectivity index (χ2n) is 11.7. The molecule has 7 aromatic carbocycles. The van der Waals surface area contributed by atoms with E-state index in [1.54, 1.807) is 0 Å². The number of thiophene rings is 1. The van der Waals surface area contributed by atoms with Crippen LogP contribution in [0.1, 0.15) is 0 Å². The minimum atomic E-state index is 1.18. The molecule has 0 fully saturated rings. The molecule has 3 heteroatoms. The van der Waals surface area contributed by atoms with E-state index in [4.69, 9.17) is 0 Å². The fraction of sp³-hybridized carbons (Fsp3) is 0. The van der Waals surface area contributed by atoms with Gasteiger partial charge in [-0.1, -0.05) is 115 Å². The number of hydrogen-bond acceptors (Lipinski definition) is 1. The van der Waals surface area contributed by atoms with Crippen molar-refractivity contribution in [3.05, 3.63) is 158 Å². The number of aromatic nitrogens is 2. The van der Waals surface area contributed by atoms with Crippen LogP contribution in [0.3, 0.4) is 0 Å². The van der Waals surface area contributed by atoms with E-state index >= 15 is 0 Å². The van der Waals surface area contributed by atoms with Gasteiger partial charge in [-0.2, -0.15) is 0 Å². The van der Waals surface area contributed by atoms with Crippen molar-refractivity contribution >= 4 is 75.1 Å². The Morgan fingerprint density at radius 3 is 1.44 bits per heavy atom. The summed E-state index contributed by atoms with van der Waals surface area (Å²) in [4.78, 5) is 0. The summed E-state index contributed by atoms with van der Waals surface area (Å²) >= 11 is 1.88. The van der Waals surface area contributed by atoms with Crippen LogP contribution in [0.4, 0.5) is 0 Å². The van der Waals surface area contributed by atoms with Crippen molar-refractivity contribution in [2.45, 2.75) is 0 Å². The van der Waals surface area contributed by atoms with Gasteiger partial charge in [0.2, 0.25) is 0 Å². The Bertz CT molecular complexity index is 2720. The summed E-state index contributed by atoms with van der Waals surface area (Å²) in [6, 6.07) is 57.6. The second kappa shape index (κ2) is 9.43. The maximum atomic E-state index is 2.52. The quantitative estimate of drug-likeness (QED) is 0.194. The highest BCUT2D eigenvalue weighted by Gasteiger charge is 2.21. The molecule has 0 spiro atoms. The van der Waals surface area contributed by atoms with Crippen LogP contribution < -0.4 is 0 Å². The van der Waals surface area contributed by atoms with Crippen molar-refractivity contribution in [1.82, 2.24) is 9.13 Å². The SMILES string of the molecule is c1ccc(-n2c3ccccc3c3ccccc32)c(-c2ccccc2-n2c3ccccc3c3ccc4sc5ccccc5c4c32)c1. The van der Waals surface area contributed by atoms with Gasteiger partial charge in [0.15, 0.2) is 0 Å². The molecule has 2 nitrogen and oxygen atoms in total. The predicted octanol–water partition coefficient (Wildman–Crippen LogP) is 11.9. The number of benzene rings is 7. The van der Waals surface area contributed by atoms with E-state index in [0.717, 1.165) is 0 Å². The summed E-state index contributed by atoms with van der Waals surface area (Å²) < 4.78 is 7.59. The molecule has 0 N–H and O–H groups in total. The Kier molecular flexibility index (Phi) is 5.19. The maximum absolute atomic E-state index is 2.52. The first-order valence-electron chi connectivity index (χ1n) is 15.4. The van der Waals surface area contributed by atoms with E-state index in [9.17, 15) is 0 Å². The molecule has 0 aliphatic rings. The first kappa shape index (κ1) is 24.8. The molecule has 10 aromatic rings. The minimum absolute atomic E-state index is 1.18. The van der Waals surface area contributed by atoms with Gasteiger partial charge in [-0.3, -0.25) is 0 Å². The molecule has 0 aliphatic heterocycles. The predicted molar refractivity (Wildman–Crippen MR) is 193 cm³/mol. The monoisotopic (exact) mass is 590 g/mol. The molecule has 10 rings (SSSR count). The maximum Gasteiger partial charge on any atom is 0.0634 e. The van der Waals surface area contributed by atoms with Gasteiger partial charge in [0.25, 0.3) is 0 Å². The molecule has 3 heterocycles. The molecule has 0 saturated carbocycles. The lowest BCUT2D eigenvalue weighted by Crippen LogP contribution is -2.01. The number of nitrogens with zero attached hydrogens (tertiary/aromatic N) is 2. The largest absolute Gasteiger partial charge is 0.309 e. The van der Waals surface area contributed by atoms with Crippen molar-refractivity contribution in [2.24, 2.45) is 0 Å². The Hall–Kier alpha value is -5.64. The second-order valence-corrected chi connectivity index (χ2v) is 12.8. The van der Waals surface area contributed by atoms with Crippen LogP contribution in [0, 0.1) is 0 Å². The Morgan fingerprint density at radius 1 is 0.333 bits per heavy atom. The van der Waals surface area contributed by atoms with E-state index in [1.807, 2.05) is 11.3 Å². The summed E-state index contributed by atoms with van der Waals surface area (Å²) in [6.07, 6.45) is 0. The molecule has 0 radical (unpaired) electrons. The lowest BCUT2D eigenvalue weighted by atomic mass is 10.0. The van der Waals surface area contributed by atoms with Gasteiger partial charge in [0.1, 0.15) is 0 Å². The van der Waals surface area contributed by atoms with E-state index in [-0.39, 0.29) is 0 Å². The van der Waals surface area contributed by atoms with Crippen LogP contribution in [-0.4, -0.2) is 9.13 Å². The van der Waals surface area contributed by atoms with Crippen LogP contribution in [-0.2, 0) is 0 Å². The molecular formula is C42H26N2S. The normalized spacial score (nSPS) is 12.0. The van der Waals surface area contributed by atoms with Crippen molar-refractivity contribution in [2.75, 3.05) is 0 Å². The lowest BCUT2D eigenvalue weighted by Gasteiger charge is -2.18. The molecule has 45 heavy (non-hydrogen) atoms. The van der Waals surface area contributed by atoms with Gasteiger partial charge in [0.05, 0.1) is 33.4 Å². The summed E-state index contributed by atoms with van der Waals surface area (Å²) in [5, 5.41) is 7.74. The fourth-order valence-electron chi connectivity index (χ4n) is 7.49. The van der Waals surface area contributed by atoms with Crippen LogP contribution in [0.5, 0.6) is 0 Å². The zero-order chi connectivity index (χ0) is 29.5. The lowest BCUT2D eigenvalue weighted by molar-refractivity contribution is 1.16. The molecule has 0 bridgehead atoms. The molecule has 0 amide bonds. The number of rotatable bonds is 3. The first-order chi connectivity index (χ1) is 22.4. The number of para-hydroxylation sites is 5. The third-order valence-electron chi connectivity index (χ3n) is 9.33. The van der Waals surface area contributed by atoms with Gasteiger partial charge < -0.3 is 9.13 Å². The highest BCUT2D eigenvalue weighted by Crippen LogP contribution is 2.45. The zero-order valence-corrected chi connectivity index (χ0v) is 25.1. The van der Waals surface area contributed by atoms with Gasteiger partial charge in [0, 0.05) is 52.8 Å². The van der Waals surface area contributed by atoms with Crippen LogP contribution in [0.15, 0.2) is 158 Å². The Balaban J connectivity index is 1.34. The van der Waals surface area contributed by atoms with Crippen LogP contribution in [0.2, 0.25) is 0 Å². The third-order valence-corrected chi connectivity index (χ3v) is 10.5. The molecular weight excluding hydrogens is 565 g/mol. The van der Waals surface area contributed by atoms with Crippen molar-refractivity contribution in [3.8, 4) is 22.5 Å². The molecule has 3 aromatic heterocycles. The molecule has 0 aliphatic carbocycles. The first-order valence-corrected chi connectivity index (χ1v) is 16.2. The highest BCUT2D eigenvalue weighted by atomic mass is 32.1. The van der Waals surface area contributed by atoms with Crippen molar-refractivity contribution < 1.29 is 0 Å². The fourth-order valence-corrected chi connectivity index (χ4v) is 8.60. The van der Waals surface area contributed by atoms with E-state index in [1.165, 1.54) is 86.3 Å². The van der Waals surface area contributed by atoms with Gasteiger partial charge in [-0.05, 0) is 42.5 Å². The molecule has 0 atom stereocenters. The third kappa shape index (κ3) is 3.44. The standard InChI is InChI=1S/C42H26N2S/c1-7-19-34-27(13-1)28-14-2-8-20-35(28)43(34)36-21-9-3-15-29(36)30-16-4-10-22-37(30)44-38-23-11-5-17-31(38)32-25-26-40-41(42(32)44)33-18-6-12-24-39(33)45-40/h1-26H. The average Bonchev–Trinajstić information content (AvgIpc) is 3.76. The molecule has 210 valence electrons. The van der Waals surface area contributed by atoms with Crippen LogP contribution >= 0.6 is 11.3 Å². The topological polar surface area (TPSA) is 9.86 Å². The summed E-state index contributed by atoms with van der Waals surface area (Å²) in [6.45, 7) is 0. The van der Waals surface area contributed by atoms with Crippen LogP contribution in [0.25, 0.3) is 86.3 Å². The number of hydrogen-bond donors (Lipinski definition) is 0. The Morgan fingerprint density at radius 2 is 0.800 bits per heavy atom. The molecule has 0 unspecified atom stereocenters. The van der Waals surface area contributed by atoms with Crippen molar-refractivity contribution in [1.29, 1.82) is 0 Å². The van der Waals surface area contributed by atoms with E-state index < -0.39 is 0 Å². The summed E-state index contributed by atoms with van der Waals surface area (Å²) in [5.41, 5.74) is 9.68. The zero-order valence-electron chi connectivity index (χ0n) is 24.3. The average molecular weight is 591 g/mol. The highest BCUT2D eigenvalue weighted by molar-refractivity contribution is 7.26.